The van der Waals surface area contributed by atoms with Gasteiger partial charge in [-0.25, -0.2) is 4.39 Å². The highest BCUT2D eigenvalue weighted by molar-refractivity contribution is 6.05. The number of nitrogens with zero attached hydrogens (tertiary/aromatic N) is 1. The summed E-state index contributed by atoms with van der Waals surface area (Å²) >= 11 is 0. The third kappa shape index (κ3) is 5.57. The fourth-order valence-electron chi connectivity index (χ4n) is 3.38. The van der Waals surface area contributed by atoms with E-state index in [0.29, 0.717) is 23.3 Å². The summed E-state index contributed by atoms with van der Waals surface area (Å²) in [6.45, 7) is 1.02. The molecule has 0 spiro atoms. The maximum atomic E-state index is 13.7. The number of hydrogen-bond acceptors (Lipinski definition) is 4. The molecule has 0 atom stereocenters. The Morgan fingerprint density at radius 2 is 1.64 bits per heavy atom. The Hall–Kier alpha value is -4.13. The zero-order valence-corrected chi connectivity index (χ0v) is 18.1. The van der Waals surface area contributed by atoms with Crippen molar-refractivity contribution in [1.29, 1.82) is 0 Å². The van der Waals surface area contributed by atoms with Crippen LogP contribution in [-0.2, 0) is 6.61 Å². The van der Waals surface area contributed by atoms with E-state index in [0.717, 1.165) is 11.3 Å². The van der Waals surface area contributed by atoms with E-state index in [4.69, 9.17) is 9.47 Å². The molecule has 0 aliphatic carbocycles. The Balaban J connectivity index is 1.32. The Morgan fingerprint density at radius 3 is 2.36 bits per heavy atom. The van der Waals surface area contributed by atoms with Gasteiger partial charge in [-0.1, -0.05) is 30.3 Å². The largest absolute Gasteiger partial charge is 0.492 e. The summed E-state index contributed by atoms with van der Waals surface area (Å²) in [5, 5.41) is 0.360. The van der Waals surface area contributed by atoms with Crippen LogP contribution in [0.25, 0.3) is 10.9 Å². The lowest BCUT2D eigenvalue weighted by molar-refractivity contribution is 0.0775. The van der Waals surface area contributed by atoms with Crippen LogP contribution in [0.3, 0.4) is 0 Å². The standard InChI is InChI=1S/C26H23FN2O4/c1-29(26(31)23-16-25(30)28-24-12-7-19(27)15-22(23)24)13-14-32-20-8-10-21(11-9-20)33-17-18-5-3-2-4-6-18/h2-12,15-16H,13-14,17H2,1H3,(H,28,30). The molecule has 1 heterocycles. The van der Waals surface area contributed by atoms with Crippen LogP contribution in [0.4, 0.5) is 4.39 Å². The molecule has 33 heavy (non-hydrogen) atoms. The number of benzene rings is 3. The summed E-state index contributed by atoms with van der Waals surface area (Å²) in [6, 6.07) is 22.3. The third-order valence-electron chi connectivity index (χ3n) is 5.15. The highest BCUT2D eigenvalue weighted by atomic mass is 19.1. The first-order valence-corrected chi connectivity index (χ1v) is 10.5. The molecule has 3 aromatic carbocycles. The monoisotopic (exact) mass is 446 g/mol. The lowest BCUT2D eigenvalue weighted by atomic mass is 10.1. The highest BCUT2D eigenvalue weighted by Gasteiger charge is 2.16. The second-order valence-electron chi connectivity index (χ2n) is 7.56. The van der Waals surface area contributed by atoms with Gasteiger partial charge in [0.15, 0.2) is 0 Å². The number of fused-ring (bicyclic) bond motifs is 1. The van der Waals surface area contributed by atoms with E-state index in [1.165, 1.54) is 29.2 Å². The van der Waals surface area contributed by atoms with Gasteiger partial charge in [0.2, 0.25) is 5.56 Å². The molecule has 1 amide bonds. The van der Waals surface area contributed by atoms with Gasteiger partial charge in [0.05, 0.1) is 12.1 Å². The molecule has 6 nitrogen and oxygen atoms in total. The first kappa shape index (κ1) is 22.1. The second kappa shape index (κ2) is 9.99. The van der Waals surface area contributed by atoms with Gasteiger partial charge in [-0.2, -0.15) is 0 Å². The van der Waals surface area contributed by atoms with E-state index in [-0.39, 0.29) is 24.6 Å². The Labute approximate surface area is 190 Å². The maximum absolute atomic E-state index is 13.7. The van der Waals surface area contributed by atoms with Crippen LogP contribution in [0, 0.1) is 5.82 Å². The molecule has 4 aromatic rings. The maximum Gasteiger partial charge on any atom is 0.254 e. The molecule has 0 saturated heterocycles. The molecule has 0 radical (unpaired) electrons. The van der Waals surface area contributed by atoms with Gasteiger partial charge in [0, 0.05) is 24.0 Å². The number of nitrogens with one attached hydrogen (secondary N) is 1. The molecule has 168 valence electrons. The zero-order valence-electron chi connectivity index (χ0n) is 18.1. The van der Waals surface area contributed by atoms with Crippen molar-refractivity contribution in [2.45, 2.75) is 6.61 Å². The molecule has 0 fully saturated rings. The van der Waals surface area contributed by atoms with Crippen LogP contribution in [0.1, 0.15) is 15.9 Å². The predicted molar refractivity (Wildman–Crippen MR) is 124 cm³/mol. The van der Waals surface area contributed by atoms with Crippen molar-refractivity contribution in [2.24, 2.45) is 0 Å². The number of H-pyrrole nitrogens is 1. The van der Waals surface area contributed by atoms with Gasteiger partial charge >= 0.3 is 0 Å². The van der Waals surface area contributed by atoms with Gasteiger partial charge in [0.25, 0.3) is 5.91 Å². The molecule has 0 bridgehead atoms. The Kier molecular flexibility index (Phi) is 6.69. The van der Waals surface area contributed by atoms with E-state index >= 15 is 0 Å². The minimum atomic E-state index is -0.481. The lowest BCUT2D eigenvalue weighted by Crippen LogP contribution is -2.31. The van der Waals surface area contributed by atoms with Crippen molar-refractivity contribution in [3.05, 3.63) is 106 Å². The number of rotatable bonds is 8. The van der Waals surface area contributed by atoms with Crippen LogP contribution in [0.5, 0.6) is 11.5 Å². The van der Waals surface area contributed by atoms with E-state index in [1.54, 1.807) is 19.2 Å². The smallest absolute Gasteiger partial charge is 0.254 e. The molecule has 0 saturated carbocycles. The van der Waals surface area contributed by atoms with Crippen LogP contribution in [0.15, 0.2) is 83.7 Å². The number of amides is 1. The minimum absolute atomic E-state index is 0.149. The van der Waals surface area contributed by atoms with Gasteiger partial charge in [-0.3, -0.25) is 9.59 Å². The summed E-state index contributed by atoms with van der Waals surface area (Å²) in [5.41, 5.74) is 1.22. The number of likely N-dealkylation sites (N-methyl/N-ethyl adjacent to an activating group) is 1. The summed E-state index contributed by atoms with van der Waals surface area (Å²) in [5.74, 6) is 0.509. The molecule has 4 rings (SSSR count). The topological polar surface area (TPSA) is 71.6 Å². The van der Waals surface area contributed by atoms with Gasteiger partial charge in [0.1, 0.15) is 30.5 Å². The molecule has 1 aromatic heterocycles. The van der Waals surface area contributed by atoms with Gasteiger partial charge in [-0.15, -0.1) is 0 Å². The summed E-state index contributed by atoms with van der Waals surface area (Å²) in [6.07, 6.45) is 0. The number of ether oxygens (including phenoxy) is 2. The van der Waals surface area contributed by atoms with E-state index in [9.17, 15) is 14.0 Å². The highest BCUT2D eigenvalue weighted by Crippen LogP contribution is 2.20. The summed E-state index contributed by atoms with van der Waals surface area (Å²) < 4.78 is 25.2. The SMILES string of the molecule is CN(CCOc1ccc(OCc2ccccc2)cc1)C(=O)c1cc(=O)[nH]c2ccc(F)cc12. The fourth-order valence-corrected chi connectivity index (χ4v) is 3.38. The van der Waals surface area contributed by atoms with Crippen LogP contribution in [-0.4, -0.2) is 36.0 Å². The van der Waals surface area contributed by atoms with Crippen molar-refractivity contribution in [2.75, 3.05) is 20.2 Å². The Bertz CT molecular complexity index is 1300. The average Bonchev–Trinajstić information content (AvgIpc) is 2.83. The van der Waals surface area contributed by atoms with Crippen molar-refractivity contribution in [3.63, 3.8) is 0 Å². The van der Waals surface area contributed by atoms with E-state index in [1.807, 2.05) is 42.5 Å². The number of pyridine rings is 1. The number of carbonyl (C=O) groups is 1. The molecule has 1 N–H and O–H groups in total. The van der Waals surface area contributed by atoms with E-state index in [2.05, 4.69) is 4.98 Å². The molecule has 0 aliphatic heterocycles. The average molecular weight is 446 g/mol. The van der Waals surface area contributed by atoms with Crippen molar-refractivity contribution >= 4 is 16.8 Å². The number of hydrogen-bond donors (Lipinski definition) is 1. The molecular formula is C26H23FN2O4. The zero-order chi connectivity index (χ0) is 23.2. The first-order valence-electron chi connectivity index (χ1n) is 10.5. The fraction of sp³-hybridized carbons (Fsp3) is 0.154. The molecular weight excluding hydrogens is 423 g/mol. The first-order chi connectivity index (χ1) is 16.0. The Morgan fingerprint density at radius 1 is 0.939 bits per heavy atom. The normalized spacial score (nSPS) is 10.7. The summed E-state index contributed by atoms with van der Waals surface area (Å²) in [4.78, 5) is 28.8. The van der Waals surface area contributed by atoms with Crippen LogP contribution in [0.2, 0.25) is 0 Å². The predicted octanol–water partition coefficient (Wildman–Crippen LogP) is 4.40. The van der Waals surface area contributed by atoms with Gasteiger partial charge < -0.3 is 19.4 Å². The quantitative estimate of drug-likeness (QED) is 0.436. The molecule has 7 heteroatoms. The second-order valence-corrected chi connectivity index (χ2v) is 7.56. The molecule has 0 unspecified atom stereocenters. The van der Waals surface area contributed by atoms with Crippen LogP contribution >= 0.6 is 0 Å². The number of aromatic amines is 1. The van der Waals surface area contributed by atoms with Gasteiger partial charge in [-0.05, 0) is 48.0 Å². The van der Waals surface area contributed by atoms with E-state index < -0.39 is 11.4 Å². The molecule has 0 aliphatic rings. The minimum Gasteiger partial charge on any atom is -0.492 e. The summed E-state index contributed by atoms with van der Waals surface area (Å²) in [7, 11) is 1.61. The number of carbonyl (C=O) groups excluding carboxylic acids is 1. The lowest BCUT2D eigenvalue weighted by Gasteiger charge is -2.18. The van der Waals surface area contributed by atoms with Crippen molar-refractivity contribution in [3.8, 4) is 11.5 Å². The van der Waals surface area contributed by atoms with Crippen molar-refractivity contribution in [1.82, 2.24) is 9.88 Å². The number of halogens is 1. The van der Waals surface area contributed by atoms with Crippen LogP contribution < -0.4 is 15.0 Å². The number of aromatic nitrogens is 1. The third-order valence-corrected chi connectivity index (χ3v) is 5.15. The van der Waals surface area contributed by atoms with Crippen molar-refractivity contribution < 1.29 is 18.7 Å².